The number of hydrogen-bond acceptors (Lipinski definition) is 5. The predicted molar refractivity (Wildman–Crippen MR) is 83.7 cm³/mol. The second kappa shape index (κ2) is 5.37. The van der Waals surface area contributed by atoms with Crippen LogP contribution in [0.4, 0.5) is 5.69 Å². The van der Waals surface area contributed by atoms with Gasteiger partial charge in [-0.3, -0.25) is 0 Å². The maximum absolute atomic E-state index is 12.1. The van der Waals surface area contributed by atoms with Gasteiger partial charge < -0.3 is 14.9 Å². The van der Waals surface area contributed by atoms with Crippen LogP contribution in [0.1, 0.15) is 10.4 Å². The average Bonchev–Trinajstić information content (AvgIpc) is 2.53. The molecule has 0 amide bonds. The maximum Gasteiger partial charge on any atom is 0.338 e. The number of carbonyl (C=O) groups is 1. The number of nitrogen functional groups attached to an aromatic ring is 1. The fourth-order valence-corrected chi connectivity index (χ4v) is 2.36. The summed E-state index contributed by atoms with van der Waals surface area (Å²) in [6.45, 7) is 0. The number of methoxy groups -OCH3 is 1. The first kappa shape index (κ1) is 13.9. The average molecular weight is 295 g/mol. The fourth-order valence-electron chi connectivity index (χ4n) is 2.36. The Hall–Kier alpha value is -3.08. The molecule has 1 aromatic heterocycles. The summed E-state index contributed by atoms with van der Waals surface area (Å²) in [7, 11) is 1.32. The van der Waals surface area contributed by atoms with Crippen molar-refractivity contribution in [1.82, 2.24) is 0 Å². The molecule has 0 aliphatic heterocycles. The zero-order chi connectivity index (χ0) is 15.7. The topological polar surface area (TPSA) is 82.5 Å². The lowest BCUT2D eigenvalue weighted by molar-refractivity contribution is 0.0602. The first-order chi connectivity index (χ1) is 10.6. The van der Waals surface area contributed by atoms with Gasteiger partial charge in [0.1, 0.15) is 5.58 Å². The molecule has 0 saturated heterocycles. The van der Waals surface area contributed by atoms with Crippen LogP contribution in [-0.2, 0) is 4.74 Å². The number of hydrogen-bond donors (Lipinski definition) is 1. The highest BCUT2D eigenvalue weighted by Gasteiger charge is 2.17. The number of para-hydroxylation sites is 1. The maximum atomic E-state index is 12.1. The molecule has 22 heavy (non-hydrogen) atoms. The van der Waals surface area contributed by atoms with Crippen LogP contribution < -0.4 is 11.4 Å². The third-order valence-corrected chi connectivity index (χ3v) is 3.42. The first-order valence-electron chi connectivity index (χ1n) is 6.61. The van der Waals surface area contributed by atoms with E-state index in [4.69, 9.17) is 14.9 Å². The van der Waals surface area contributed by atoms with Crippen molar-refractivity contribution >= 4 is 22.6 Å². The Kier molecular flexibility index (Phi) is 3.39. The van der Waals surface area contributed by atoms with Crippen LogP contribution in [0.5, 0.6) is 0 Å². The van der Waals surface area contributed by atoms with E-state index >= 15 is 0 Å². The molecule has 0 aliphatic rings. The Morgan fingerprint density at radius 2 is 1.86 bits per heavy atom. The highest BCUT2D eigenvalue weighted by atomic mass is 16.5. The molecular formula is C17H13NO4. The van der Waals surface area contributed by atoms with Crippen LogP contribution in [0, 0.1) is 0 Å². The Bertz CT molecular complexity index is 927. The van der Waals surface area contributed by atoms with Gasteiger partial charge in [0.15, 0.2) is 0 Å². The molecule has 3 aromatic rings. The molecular weight excluding hydrogens is 282 g/mol. The molecule has 0 radical (unpaired) electrons. The third-order valence-electron chi connectivity index (χ3n) is 3.42. The van der Waals surface area contributed by atoms with E-state index in [0.29, 0.717) is 33.3 Å². The molecule has 3 rings (SSSR count). The fraction of sp³-hybridized carbons (Fsp3) is 0.0588. The molecule has 110 valence electrons. The number of fused-ring (bicyclic) bond motifs is 1. The van der Waals surface area contributed by atoms with Gasteiger partial charge >= 0.3 is 11.6 Å². The summed E-state index contributed by atoms with van der Waals surface area (Å²) in [6.07, 6.45) is 0. The second-order valence-electron chi connectivity index (χ2n) is 4.77. The van der Waals surface area contributed by atoms with Gasteiger partial charge in [0.2, 0.25) is 0 Å². The van der Waals surface area contributed by atoms with E-state index in [1.54, 1.807) is 36.4 Å². The summed E-state index contributed by atoms with van der Waals surface area (Å²) < 4.78 is 10.0. The highest BCUT2D eigenvalue weighted by molar-refractivity contribution is 6.03. The smallest absolute Gasteiger partial charge is 0.338 e. The molecule has 1 heterocycles. The van der Waals surface area contributed by atoms with Crippen molar-refractivity contribution < 1.29 is 13.9 Å². The number of nitrogens with two attached hydrogens (primary N) is 1. The quantitative estimate of drug-likeness (QED) is 0.446. The van der Waals surface area contributed by atoms with Gasteiger partial charge in [-0.05, 0) is 24.3 Å². The van der Waals surface area contributed by atoms with Gasteiger partial charge in [0, 0.05) is 28.3 Å². The van der Waals surface area contributed by atoms with Gasteiger partial charge in [-0.1, -0.05) is 18.2 Å². The minimum absolute atomic E-state index is 0.363. The summed E-state index contributed by atoms with van der Waals surface area (Å²) in [6, 6.07) is 13.3. The second-order valence-corrected chi connectivity index (χ2v) is 4.77. The van der Waals surface area contributed by atoms with Gasteiger partial charge in [0.05, 0.1) is 12.7 Å². The van der Waals surface area contributed by atoms with Crippen molar-refractivity contribution in [3.05, 3.63) is 64.5 Å². The number of ether oxygens (including phenoxy) is 1. The minimum Gasteiger partial charge on any atom is -0.465 e. The Morgan fingerprint density at radius 1 is 1.09 bits per heavy atom. The van der Waals surface area contributed by atoms with Crippen molar-refractivity contribution in [3.63, 3.8) is 0 Å². The number of rotatable bonds is 2. The van der Waals surface area contributed by atoms with Gasteiger partial charge in [-0.15, -0.1) is 0 Å². The number of esters is 1. The summed E-state index contributed by atoms with van der Waals surface area (Å²) in [5.74, 6) is -0.480. The molecule has 0 bridgehead atoms. The molecule has 0 atom stereocenters. The van der Waals surface area contributed by atoms with Crippen LogP contribution in [0.2, 0.25) is 0 Å². The lowest BCUT2D eigenvalue weighted by atomic mass is 9.96. The van der Waals surface area contributed by atoms with E-state index in [2.05, 4.69) is 0 Å². The highest BCUT2D eigenvalue weighted by Crippen LogP contribution is 2.32. The Balaban J connectivity index is 2.37. The van der Waals surface area contributed by atoms with Crippen molar-refractivity contribution in [2.45, 2.75) is 0 Å². The zero-order valence-corrected chi connectivity index (χ0v) is 11.8. The van der Waals surface area contributed by atoms with E-state index in [-0.39, 0.29) is 0 Å². The summed E-state index contributed by atoms with van der Waals surface area (Å²) in [5.41, 5.74) is 8.05. The molecule has 0 saturated carbocycles. The molecule has 0 aliphatic carbocycles. The minimum atomic E-state index is -0.480. The molecule has 0 unspecified atom stereocenters. The summed E-state index contributed by atoms with van der Waals surface area (Å²) >= 11 is 0. The Labute approximate surface area is 125 Å². The van der Waals surface area contributed by atoms with Crippen molar-refractivity contribution in [1.29, 1.82) is 0 Å². The largest absolute Gasteiger partial charge is 0.465 e. The predicted octanol–water partition coefficient (Wildman–Crippen LogP) is 2.83. The van der Waals surface area contributed by atoms with E-state index in [1.807, 2.05) is 6.07 Å². The molecule has 2 N–H and O–H groups in total. The lowest BCUT2D eigenvalue weighted by Crippen LogP contribution is -2.05. The van der Waals surface area contributed by atoms with Crippen LogP contribution in [0.15, 0.2) is 57.7 Å². The van der Waals surface area contributed by atoms with Crippen molar-refractivity contribution in [3.8, 4) is 11.1 Å². The normalized spacial score (nSPS) is 10.6. The van der Waals surface area contributed by atoms with E-state index in [1.165, 1.54) is 13.2 Å². The first-order valence-corrected chi connectivity index (χ1v) is 6.61. The number of benzene rings is 2. The standard InChI is InChI=1S/C17H13NO4/c1-21-17(20)13-8-10-6-7-16(19)22-15(10)9-12(13)11-4-2-3-5-14(11)18/h2-9H,18H2,1H3. The molecule has 5 heteroatoms. The third kappa shape index (κ3) is 2.33. The monoisotopic (exact) mass is 295 g/mol. The lowest BCUT2D eigenvalue weighted by Gasteiger charge is -2.11. The van der Waals surface area contributed by atoms with E-state index in [9.17, 15) is 9.59 Å². The van der Waals surface area contributed by atoms with Crippen LogP contribution >= 0.6 is 0 Å². The molecule has 0 fully saturated rings. The summed E-state index contributed by atoms with van der Waals surface area (Å²) in [5, 5.41) is 0.637. The number of carbonyl (C=O) groups excluding carboxylic acids is 1. The van der Waals surface area contributed by atoms with Crippen molar-refractivity contribution in [2.24, 2.45) is 0 Å². The van der Waals surface area contributed by atoms with E-state index < -0.39 is 11.6 Å². The van der Waals surface area contributed by atoms with Crippen LogP contribution in [0.3, 0.4) is 0 Å². The molecule has 5 nitrogen and oxygen atoms in total. The van der Waals surface area contributed by atoms with Crippen LogP contribution in [0.25, 0.3) is 22.1 Å². The summed E-state index contributed by atoms with van der Waals surface area (Å²) in [4.78, 5) is 23.5. The van der Waals surface area contributed by atoms with Crippen molar-refractivity contribution in [2.75, 3.05) is 12.8 Å². The van der Waals surface area contributed by atoms with Crippen LogP contribution in [-0.4, -0.2) is 13.1 Å². The Morgan fingerprint density at radius 3 is 2.59 bits per heavy atom. The van der Waals surface area contributed by atoms with Gasteiger partial charge in [-0.2, -0.15) is 0 Å². The number of anilines is 1. The molecule has 2 aromatic carbocycles. The van der Waals surface area contributed by atoms with Gasteiger partial charge in [0.25, 0.3) is 0 Å². The SMILES string of the molecule is COC(=O)c1cc2ccc(=O)oc2cc1-c1ccccc1N. The molecule has 0 spiro atoms. The van der Waals surface area contributed by atoms with Gasteiger partial charge in [-0.25, -0.2) is 9.59 Å². The van der Waals surface area contributed by atoms with E-state index in [0.717, 1.165) is 0 Å². The zero-order valence-electron chi connectivity index (χ0n) is 11.8.